The van der Waals surface area contributed by atoms with Crippen molar-refractivity contribution in [1.82, 2.24) is 4.31 Å². The monoisotopic (exact) mass is 443 g/mol. The van der Waals surface area contributed by atoms with Crippen LogP contribution >= 0.6 is 0 Å². The van der Waals surface area contributed by atoms with E-state index in [9.17, 15) is 18.0 Å². The molecule has 0 aromatic heterocycles. The van der Waals surface area contributed by atoms with E-state index in [1.54, 1.807) is 23.1 Å². The molecule has 4 rings (SSSR count). The number of anilines is 2. The molecule has 0 spiro atoms. The van der Waals surface area contributed by atoms with Crippen molar-refractivity contribution in [2.24, 2.45) is 0 Å². The molecule has 9 heteroatoms. The zero-order valence-corrected chi connectivity index (χ0v) is 17.9. The number of piperidine rings is 1. The average Bonchev–Trinajstić information content (AvgIpc) is 2.80. The largest absolute Gasteiger partial charge is 0.379 e. The summed E-state index contributed by atoms with van der Waals surface area (Å²) >= 11 is 0. The number of carbonyl (C=O) groups excluding carboxylic acids is 2. The number of hydrogen-bond donors (Lipinski definition) is 1. The van der Waals surface area contributed by atoms with Gasteiger partial charge in [-0.1, -0.05) is 6.07 Å². The fourth-order valence-electron chi connectivity index (χ4n) is 3.75. The Kier molecular flexibility index (Phi) is 6.35. The fourth-order valence-corrected chi connectivity index (χ4v) is 5.16. The van der Waals surface area contributed by atoms with Crippen LogP contribution in [0.1, 0.15) is 29.6 Å². The van der Waals surface area contributed by atoms with Gasteiger partial charge in [-0.15, -0.1) is 0 Å². The highest BCUT2D eigenvalue weighted by Crippen LogP contribution is 2.24. The Labute approximate surface area is 181 Å². The summed E-state index contributed by atoms with van der Waals surface area (Å²) in [4.78, 5) is 26.7. The molecule has 2 fully saturated rings. The summed E-state index contributed by atoms with van der Waals surface area (Å²) in [5.74, 6) is -0.260. The highest BCUT2D eigenvalue weighted by Gasteiger charge is 2.26. The van der Waals surface area contributed by atoms with Crippen LogP contribution in [0, 0.1) is 0 Å². The molecule has 0 saturated carbocycles. The Morgan fingerprint density at radius 1 is 0.968 bits per heavy atom. The quantitative estimate of drug-likeness (QED) is 0.766. The highest BCUT2D eigenvalue weighted by atomic mass is 32.2. The number of nitrogens with one attached hydrogen (secondary N) is 1. The molecule has 2 amide bonds. The van der Waals surface area contributed by atoms with E-state index in [0.29, 0.717) is 50.5 Å². The van der Waals surface area contributed by atoms with E-state index >= 15 is 0 Å². The zero-order chi connectivity index (χ0) is 21.8. The Morgan fingerprint density at radius 3 is 2.42 bits per heavy atom. The van der Waals surface area contributed by atoms with Crippen LogP contribution in [0.4, 0.5) is 11.4 Å². The smallest absolute Gasteiger partial charge is 0.255 e. The van der Waals surface area contributed by atoms with Crippen molar-refractivity contribution < 1.29 is 22.7 Å². The van der Waals surface area contributed by atoms with E-state index in [-0.39, 0.29) is 16.7 Å². The van der Waals surface area contributed by atoms with E-state index < -0.39 is 10.0 Å². The van der Waals surface area contributed by atoms with Crippen molar-refractivity contribution in [3.63, 3.8) is 0 Å². The lowest BCUT2D eigenvalue weighted by Gasteiger charge is -2.27. The molecule has 164 valence electrons. The van der Waals surface area contributed by atoms with Gasteiger partial charge in [-0.25, -0.2) is 8.42 Å². The number of carbonyl (C=O) groups is 2. The van der Waals surface area contributed by atoms with E-state index in [1.165, 1.54) is 28.6 Å². The summed E-state index contributed by atoms with van der Waals surface area (Å²) in [7, 11) is -3.60. The van der Waals surface area contributed by atoms with Crippen LogP contribution in [0.15, 0.2) is 53.4 Å². The summed E-state index contributed by atoms with van der Waals surface area (Å²) in [6.07, 6.45) is 2.40. The third-order valence-electron chi connectivity index (χ3n) is 5.46. The molecule has 0 bridgehead atoms. The molecule has 1 N–H and O–H groups in total. The number of ether oxygens (including phenoxy) is 1. The first kappa shape index (κ1) is 21.5. The summed E-state index contributed by atoms with van der Waals surface area (Å²) in [5, 5.41) is 2.82. The minimum atomic E-state index is -3.60. The Balaban J connectivity index is 1.45. The van der Waals surface area contributed by atoms with Gasteiger partial charge in [-0.2, -0.15) is 4.31 Å². The van der Waals surface area contributed by atoms with Crippen LogP contribution in [-0.2, 0) is 19.6 Å². The zero-order valence-electron chi connectivity index (χ0n) is 17.1. The third kappa shape index (κ3) is 4.79. The Bertz CT molecular complexity index is 1060. The second-order valence-corrected chi connectivity index (χ2v) is 9.49. The number of morpholine rings is 1. The lowest BCUT2D eigenvalue weighted by molar-refractivity contribution is -0.119. The molecule has 8 nitrogen and oxygen atoms in total. The summed E-state index contributed by atoms with van der Waals surface area (Å²) in [6, 6.07) is 13.1. The number of nitrogens with zero attached hydrogens (tertiary/aromatic N) is 2. The van der Waals surface area contributed by atoms with Crippen molar-refractivity contribution in [1.29, 1.82) is 0 Å². The lowest BCUT2D eigenvalue weighted by atomic mass is 10.1. The van der Waals surface area contributed by atoms with Gasteiger partial charge in [0.05, 0.1) is 18.1 Å². The second-order valence-electron chi connectivity index (χ2n) is 7.55. The molecule has 0 aliphatic carbocycles. The van der Waals surface area contributed by atoms with Crippen LogP contribution in [0.5, 0.6) is 0 Å². The molecule has 2 saturated heterocycles. The minimum Gasteiger partial charge on any atom is -0.379 e. The van der Waals surface area contributed by atoms with Gasteiger partial charge in [0, 0.05) is 43.0 Å². The van der Waals surface area contributed by atoms with Gasteiger partial charge >= 0.3 is 0 Å². The van der Waals surface area contributed by atoms with Gasteiger partial charge in [0.2, 0.25) is 15.9 Å². The van der Waals surface area contributed by atoms with E-state index in [1.807, 2.05) is 6.07 Å². The topological polar surface area (TPSA) is 96.0 Å². The van der Waals surface area contributed by atoms with Crippen LogP contribution in [0.25, 0.3) is 0 Å². The van der Waals surface area contributed by atoms with Crippen LogP contribution in [0.3, 0.4) is 0 Å². The number of sulfonamides is 1. The molecule has 0 radical (unpaired) electrons. The highest BCUT2D eigenvalue weighted by molar-refractivity contribution is 7.89. The van der Waals surface area contributed by atoms with Gasteiger partial charge in [0.15, 0.2) is 0 Å². The summed E-state index contributed by atoms with van der Waals surface area (Å²) < 4.78 is 32.0. The summed E-state index contributed by atoms with van der Waals surface area (Å²) in [5.41, 5.74) is 1.68. The molecular weight excluding hydrogens is 418 g/mol. The summed E-state index contributed by atoms with van der Waals surface area (Å²) in [6.45, 7) is 2.07. The number of rotatable bonds is 5. The molecule has 2 aromatic carbocycles. The minimum absolute atomic E-state index is 0.0896. The van der Waals surface area contributed by atoms with Crippen molar-refractivity contribution in [2.45, 2.75) is 24.2 Å². The van der Waals surface area contributed by atoms with Crippen molar-refractivity contribution >= 4 is 33.2 Å². The van der Waals surface area contributed by atoms with Crippen LogP contribution in [-0.4, -0.2) is 57.4 Å². The Hall–Kier alpha value is -2.75. The predicted molar refractivity (Wildman–Crippen MR) is 117 cm³/mol. The number of hydrogen-bond acceptors (Lipinski definition) is 5. The average molecular weight is 444 g/mol. The molecule has 2 heterocycles. The van der Waals surface area contributed by atoms with Gasteiger partial charge in [0.25, 0.3) is 5.91 Å². The molecule has 2 aromatic rings. The maximum absolute atomic E-state index is 12.7. The molecule has 0 atom stereocenters. The first-order valence-corrected chi connectivity index (χ1v) is 11.8. The van der Waals surface area contributed by atoms with Crippen LogP contribution in [0.2, 0.25) is 0 Å². The molecule has 2 aliphatic heterocycles. The number of amides is 2. The van der Waals surface area contributed by atoms with Crippen molar-refractivity contribution in [3.8, 4) is 0 Å². The normalized spacial score (nSPS) is 18.1. The number of benzene rings is 2. The van der Waals surface area contributed by atoms with Gasteiger partial charge < -0.3 is 15.0 Å². The Morgan fingerprint density at radius 2 is 1.71 bits per heavy atom. The van der Waals surface area contributed by atoms with Crippen molar-refractivity contribution in [3.05, 3.63) is 54.1 Å². The standard InChI is InChI=1S/C22H25N3O5S/c26-21-6-1-2-11-25(21)19-5-3-4-18(16-19)23-22(27)17-7-9-20(10-8-17)31(28,29)24-12-14-30-15-13-24/h3-5,7-10,16H,1-2,6,11-15H2,(H,23,27). The third-order valence-corrected chi connectivity index (χ3v) is 7.38. The van der Waals surface area contributed by atoms with Gasteiger partial charge in [-0.05, 0) is 55.3 Å². The molecule has 2 aliphatic rings. The predicted octanol–water partition coefficient (Wildman–Crippen LogP) is 2.48. The maximum atomic E-state index is 12.7. The lowest BCUT2D eigenvalue weighted by Crippen LogP contribution is -2.40. The molecule has 31 heavy (non-hydrogen) atoms. The van der Waals surface area contributed by atoms with E-state index in [4.69, 9.17) is 4.74 Å². The second kappa shape index (κ2) is 9.17. The molecule has 0 unspecified atom stereocenters. The fraction of sp³-hybridized carbons (Fsp3) is 0.364. The first-order valence-electron chi connectivity index (χ1n) is 10.3. The van der Waals surface area contributed by atoms with Gasteiger partial charge in [0.1, 0.15) is 0 Å². The van der Waals surface area contributed by atoms with Crippen LogP contribution < -0.4 is 10.2 Å². The van der Waals surface area contributed by atoms with Crippen molar-refractivity contribution in [2.75, 3.05) is 43.1 Å². The van der Waals surface area contributed by atoms with E-state index in [0.717, 1.165) is 18.5 Å². The van der Waals surface area contributed by atoms with Gasteiger partial charge in [-0.3, -0.25) is 9.59 Å². The molecular formula is C22H25N3O5S. The SMILES string of the molecule is O=C(Nc1cccc(N2CCCCC2=O)c1)c1ccc(S(=O)(=O)N2CCOCC2)cc1. The maximum Gasteiger partial charge on any atom is 0.255 e. The first-order chi connectivity index (χ1) is 14.9. The van der Waals surface area contributed by atoms with E-state index in [2.05, 4.69) is 5.32 Å².